The Balaban J connectivity index is 2.51. The molecule has 0 aliphatic heterocycles. The van der Waals surface area contributed by atoms with Gasteiger partial charge in [0.25, 0.3) is 0 Å². The number of methoxy groups -OCH3 is 1. The second kappa shape index (κ2) is 3.75. The molecule has 14 heavy (non-hydrogen) atoms. The first-order chi connectivity index (χ1) is 6.81. The molecular formula is C10H10N2OS. The van der Waals surface area contributed by atoms with Crippen molar-refractivity contribution in [2.45, 2.75) is 4.90 Å². The molecule has 0 bridgehead atoms. The van der Waals surface area contributed by atoms with E-state index in [1.807, 2.05) is 30.5 Å². The highest BCUT2D eigenvalue weighted by atomic mass is 32.1. The van der Waals surface area contributed by atoms with Gasteiger partial charge in [-0.25, -0.2) is 4.68 Å². The molecule has 0 fully saturated rings. The second-order valence-corrected chi connectivity index (χ2v) is 3.29. The highest BCUT2D eigenvalue weighted by molar-refractivity contribution is 7.80. The molecule has 0 radical (unpaired) electrons. The molecule has 0 unspecified atom stereocenters. The quantitative estimate of drug-likeness (QED) is 0.762. The lowest BCUT2D eigenvalue weighted by Gasteiger charge is -2.07. The van der Waals surface area contributed by atoms with Gasteiger partial charge in [0.15, 0.2) is 0 Å². The lowest BCUT2D eigenvalue weighted by molar-refractivity contribution is 0.414. The third-order valence-electron chi connectivity index (χ3n) is 1.93. The first-order valence-corrected chi connectivity index (χ1v) is 4.63. The van der Waals surface area contributed by atoms with Crippen molar-refractivity contribution < 1.29 is 4.74 Å². The van der Waals surface area contributed by atoms with Crippen molar-refractivity contribution in [1.29, 1.82) is 0 Å². The number of hydrogen-bond acceptors (Lipinski definition) is 3. The summed E-state index contributed by atoms with van der Waals surface area (Å²) in [6, 6.07) is 7.52. The molecule has 1 aromatic heterocycles. The molecule has 4 heteroatoms. The number of rotatable bonds is 2. The van der Waals surface area contributed by atoms with Gasteiger partial charge >= 0.3 is 0 Å². The molecule has 0 aliphatic carbocycles. The zero-order valence-corrected chi connectivity index (χ0v) is 8.61. The number of nitrogens with zero attached hydrogens (tertiary/aromatic N) is 2. The molecule has 0 N–H and O–H groups in total. The first-order valence-electron chi connectivity index (χ1n) is 4.18. The zero-order chi connectivity index (χ0) is 9.97. The highest BCUT2D eigenvalue weighted by Gasteiger charge is 2.03. The van der Waals surface area contributed by atoms with E-state index in [9.17, 15) is 0 Å². The molecule has 0 saturated carbocycles. The van der Waals surface area contributed by atoms with Crippen LogP contribution < -0.4 is 4.74 Å². The molecule has 1 aromatic carbocycles. The molecule has 2 rings (SSSR count). The van der Waals surface area contributed by atoms with Crippen molar-refractivity contribution >= 4 is 12.6 Å². The zero-order valence-electron chi connectivity index (χ0n) is 7.71. The van der Waals surface area contributed by atoms with Crippen molar-refractivity contribution in [3.8, 4) is 11.4 Å². The standard InChI is InChI=1S/C10H10N2OS/c1-13-8-3-4-10(14)9(7-8)12-6-2-5-11-12/h2-7,14H,1H3. The SMILES string of the molecule is COc1ccc(S)c(-n2cccn2)c1. The smallest absolute Gasteiger partial charge is 0.121 e. The number of hydrogen-bond donors (Lipinski definition) is 1. The van der Waals surface area contributed by atoms with Crippen molar-refractivity contribution in [3.63, 3.8) is 0 Å². The third-order valence-corrected chi connectivity index (χ3v) is 2.31. The van der Waals surface area contributed by atoms with Crippen molar-refractivity contribution in [2.75, 3.05) is 7.11 Å². The van der Waals surface area contributed by atoms with Crippen LogP contribution in [0.15, 0.2) is 41.6 Å². The van der Waals surface area contributed by atoms with E-state index < -0.39 is 0 Å². The van der Waals surface area contributed by atoms with E-state index in [4.69, 9.17) is 4.74 Å². The molecule has 1 heterocycles. The summed E-state index contributed by atoms with van der Waals surface area (Å²) in [4.78, 5) is 0.870. The van der Waals surface area contributed by atoms with Gasteiger partial charge in [-0.15, -0.1) is 12.6 Å². The van der Waals surface area contributed by atoms with E-state index in [1.54, 1.807) is 18.0 Å². The van der Waals surface area contributed by atoms with Crippen LogP contribution in [0.2, 0.25) is 0 Å². The largest absolute Gasteiger partial charge is 0.497 e. The van der Waals surface area contributed by atoms with Gasteiger partial charge in [0.05, 0.1) is 12.8 Å². The fraction of sp³-hybridized carbons (Fsp3) is 0.100. The fourth-order valence-corrected chi connectivity index (χ4v) is 1.47. The lowest BCUT2D eigenvalue weighted by Crippen LogP contribution is -1.96. The van der Waals surface area contributed by atoms with Crippen LogP contribution in [0.5, 0.6) is 5.75 Å². The first kappa shape index (κ1) is 9.15. The summed E-state index contributed by atoms with van der Waals surface area (Å²) in [5, 5.41) is 4.13. The molecular weight excluding hydrogens is 196 g/mol. The Morgan fingerprint density at radius 1 is 1.43 bits per heavy atom. The highest BCUT2D eigenvalue weighted by Crippen LogP contribution is 2.23. The van der Waals surface area contributed by atoms with Gasteiger partial charge in [-0.2, -0.15) is 5.10 Å². The summed E-state index contributed by atoms with van der Waals surface area (Å²) < 4.78 is 6.89. The normalized spacial score (nSPS) is 10.1. The predicted octanol–water partition coefficient (Wildman–Crippen LogP) is 2.17. The van der Waals surface area contributed by atoms with Gasteiger partial charge in [-0.3, -0.25) is 0 Å². The topological polar surface area (TPSA) is 27.1 Å². The summed E-state index contributed by atoms with van der Waals surface area (Å²) in [5.74, 6) is 0.799. The molecule has 3 nitrogen and oxygen atoms in total. The van der Waals surface area contributed by atoms with Gasteiger partial charge in [-0.1, -0.05) is 0 Å². The number of ether oxygens (including phenoxy) is 1. The Kier molecular flexibility index (Phi) is 2.45. The molecule has 2 aromatic rings. The molecule has 0 amide bonds. The molecule has 72 valence electrons. The Hall–Kier alpha value is -1.42. The van der Waals surface area contributed by atoms with Gasteiger partial charge in [0, 0.05) is 23.4 Å². The minimum Gasteiger partial charge on any atom is -0.497 e. The van der Waals surface area contributed by atoms with Crippen molar-refractivity contribution in [2.24, 2.45) is 0 Å². The minimum absolute atomic E-state index is 0.799. The Bertz CT molecular complexity index is 426. The lowest BCUT2D eigenvalue weighted by atomic mass is 10.3. The van der Waals surface area contributed by atoms with Gasteiger partial charge in [0.2, 0.25) is 0 Å². The Morgan fingerprint density at radius 2 is 2.29 bits per heavy atom. The molecule has 0 saturated heterocycles. The van der Waals surface area contributed by atoms with Crippen LogP contribution in [0.25, 0.3) is 5.69 Å². The molecule has 0 aliphatic rings. The molecule has 0 spiro atoms. The van der Waals surface area contributed by atoms with E-state index in [0.717, 1.165) is 16.3 Å². The summed E-state index contributed by atoms with van der Waals surface area (Å²) in [6.07, 6.45) is 3.60. The van der Waals surface area contributed by atoms with Crippen LogP contribution in [0.3, 0.4) is 0 Å². The van der Waals surface area contributed by atoms with Crippen molar-refractivity contribution in [3.05, 3.63) is 36.7 Å². The van der Waals surface area contributed by atoms with E-state index in [2.05, 4.69) is 17.7 Å². The van der Waals surface area contributed by atoms with Crippen LogP contribution in [0.4, 0.5) is 0 Å². The van der Waals surface area contributed by atoms with Gasteiger partial charge in [-0.05, 0) is 18.2 Å². The second-order valence-electron chi connectivity index (χ2n) is 2.81. The maximum Gasteiger partial charge on any atom is 0.121 e. The average Bonchev–Trinajstić information content (AvgIpc) is 2.71. The predicted molar refractivity (Wildman–Crippen MR) is 57.4 cm³/mol. The molecule has 0 atom stereocenters. The summed E-state index contributed by atoms with van der Waals surface area (Å²) in [6.45, 7) is 0. The maximum absolute atomic E-state index is 5.13. The van der Waals surface area contributed by atoms with Crippen LogP contribution >= 0.6 is 12.6 Å². The van der Waals surface area contributed by atoms with Crippen LogP contribution in [-0.4, -0.2) is 16.9 Å². The Morgan fingerprint density at radius 3 is 2.93 bits per heavy atom. The summed E-state index contributed by atoms with van der Waals surface area (Å²) >= 11 is 4.35. The third kappa shape index (κ3) is 1.61. The van der Waals surface area contributed by atoms with Gasteiger partial charge < -0.3 is 4.74 Å². The minimum atomic E-state index is 0.799. The maximum atomic E-state index is 5.13. The van der Waals surface area contributed by atoms with Crippen molar-refractivity contribution in [1.82, 2.24) is 9.78 Å². The number of benzene rings is 1. The summed E-state index contributed by atoms with van der Waals surface area (Å²) in [5.41, 5.74) is 0.915. The fourth-order valence-electron chi connectivity index (χ4n) is 1.23. The van der Waals surface area contributed by atoms with E-state index in [1.165, 1.54) is 0 Å². The Labute approximate surface area is 87.7 Å². The van der Waals surface area contributed by atoms with E-state index >= 15 is 0 Å². The number of aromatic nitrogens is 2. The van der Waals surface area contributed by atoms with Crippen LogP contribution in [-0.2, 0) is 0 Å². The monoisotopic (exact) mass is 206 g/mol. The summed E-state index contributed by atoms with van der Waals surface area (Å²) in [7, 11) is 1.64. The average molecular weight is 206 g/mol. The van der Waals surface area contributed by atoms with E-state index in [0.29, 0.717) is 0 Å². The van der Waals surface area contributed by atoms with Crippen LogP contribution in [0.1, 0.15) is 0 Å². The van der Waals surface area contributed by atoms with Gasteiger partial charge in [0.1, 0.15) is 5.75 Å². The number of thiol groups is 1. The van der Waals surface area contributed by atoms with E-state index in [-0.39, 0.29) is 0 Å². The van der Waals surface area contributed by atoms with Crippen LogP contribution in [0, 0.1) is 0 Å².